The molecule has 1 aromatic heterocycles. The van der Waals surface area contributed by atoms with Gasteiger partial charge >= 0.3 is 0 Å². The molecule has 0 radical (unpaired) electrons. The molecule has 1 fully saturated rings. The molecule has 0 bridgehead atoms. The first-order valence-corrected chi connectivity index (χ1v) is 7.61. The summed E-state index contributed by atoms with van der Waals surface area (Å²) in [5.41, 5.74) is 1.30. The van der Waals surface area contributed by atoms with Crippen LogP contribution in [0.3, 0.4) is 0 Å². The Balaban J connectivity index is 1.58. The summed E-state index contributed by atoms with van der Waals surface area (Å²) in [4.78, 5) is 6.87. The van der Waals surface area contributed by atoms with Gasteiger partial charge in [-0.3, -0.25) is 4.98 Å². The lowest BCUT2D eigenvalue weighted by atomic mass is 10.1. The Morgan fingerprint density at radius 1 is 1.30 bits per heavy atom. The Morgan fingerprint density at radius 2 is 2.20 bits per heavy atom. The van der Waals surface area contributed by atoms with Gasteiger partial charge in [-0.25, -0.2) is 0 Å². The number of fused-ring (bicyclic) bond motifs is 1. The monoisotopic (exact) mass is 269 g/mol. The van der Waals surface area contributed by atoms with Crippen LogP contribution in [0.15, 0.2) is 36.7 Å². The molecule has 106 valence electrons. The van der Waals surface area contributed by atoms with Gasteiger partial charge in [0.15, 0.2) is 0 Å². The minimum atomic E-state index is 0.804. The Bertz CT molecular complexity index is 562. The Kier molecular flexibility index (Phi) is 4.28. The van der Waals surface area contributed by atoms with Gasteiger partial charge in [-0.1, -0.05) is 31.2 Å². The maximum absolute atomic E-state index is 4.34. The summed E-state index contributed by atoms with van der Waals surface area (Å²) < 4.78 is 0. The van der Waals surface area contributed by atoms with Crippen LogP contribution >= 0.6 is 0 Å². The number of rotatable bonds is 5. The van der Waals surface area contributed by atoms with E-state index >= 15 is 0 Å². The zero-order chi connectivity index (χ0) is 13.8. The van der Waals surface area contributed by atoms with Crippen molar-refractivity contribution in [2.24, 2.45) is 5.92 Å². The first-order chi connectivity index (χ1) is 9.86. The average molecular weight is 269 g/mol. The fourth-order valence-electron chi connectivity index (χ4n) is 3.10. The van der Waals surface area contributed by atoms with E-state index in [2.05, 4.69) is 46.4 Å². The highest BCUT2D eigenvalue weighted by Crippen LogP contribution is 2.18. The average Bonchev–Trinajstić information content (AvgIpc) is 2.95. The lowest BCUT2D eigenvalue weighted by Gasteiger charge is -2.14. The SMILES string of the molecule is CCN1CCC(CNCc2cncc3ccccc23)C1. The number of aromatic nitrogens is 1. The normalized spacial score (nSPS) is 19.8. The molecule has 2 aromatic rings. The third kappa shape index (κ3) is 3.00. The quantitative estimate of drug-likeness (QED) is 0.904. The van der Waals surface area contributed by atoms with Gasteiger partial charge in [-0.2, -0.15) is 0 Å². The smallest absolute Gasteiger partial charge is 0.0346 e. The summed E-state index contributed by atoms with van der Waals surface area (Å²) in [6.07, 6.45) is 5.26. The topological polar surface area (TPSA) is 28.2 Å². The maximum atomic E-state index is 4.34. The first kappa shape index (κ1) is 13.5. The first-order valence-electron chi connectivity index (χ1n) is 7.61. The second kappa shape index (κ2) is 6.33. The van der Waals surface area contributed by atoms with Crippen molar-refractivity contribution >= 4 is 10.8 Å². The second-order valence-corrected chi connectivity index (χ2v) is 5.70. The predicted octanol–water partition coefficient (Wildman–Crippen LogP) is 2.67. The molecule has 2 heterocycles. The standard InChI is InChI=1S/C17H23N3/c1-2-20-8-7-14(13-20)9-18-11-16-12-19-10-15-5-3-4-6-17(15)16/h3-6,10,12,14,18H,2,7-9,11,13H2,1H3. The van der Waals surface area contributed by atoms with Crippen LogP contribution in [-0.2, 0) is 6.54 Å². The highest BCUT2D eigenvalue weighted by atomic mass is 15.1. The molecule has 0 aliphatic carbocycles. The number of hydrogen-bond acceptors (Lipinski definition) is 3. The third-order valence-corrected chi connectivity index (χ3v) is 4.32. The highest BCUT2D eigenvalue weighted by molar-refractivity contribution is 5.84. The number of nitrogens with one attached hydrogen (secondary N) is 1. The molecule has 3 heteroatoms. The van der Waals surface area contributed by atoms with Gasteiger partial charge in [-0.15, -0.1) is 0 Å². The Morgan fingerprint density at radius 3 is 3.05 bits per heavy atom. The van der Waals surface area contributed by atoms with Crippen molar-refractivity contribution in [3.8, 4) is 0 Å². The number of nitrogens with zero attached hydrogens (tertiary/aromatic N) is 2. The molecule has 0 amide bonds. The summed E-state index contributed by atoms with van der Waals surface area (Å²) in [6, 6.07) is 8.48. The van der Waals surface area contributed by atoms with Crippen LogP contribution in [0.5, 0.6) is 0 Å². The van der Waals surface area contributed by atoms with E-state index in [0.717, 1.165) is 19.0 Å². The van der Waals surface area contributed by atoms with Crippen LogP contribution in [0.1, 0.15) is 18.9 Å². The maximum Gasteiger partial charge on any atom is 0.0346 e. The van der Waals surface area contributed by atoms with E-state index in [-0.39, 0.29) is 0 Å². The van der Waals surface area contributed by atoms with Crippen LogP contribution in [0.25, 0.3) is 10.8 Å². The molecule has 1 atom stereocenters. The molecular formula is C17H23N3. The van der Waals surface area contributed by atoms with Crippen molar-refractivity contribution in [2.45, 2.75) is 19.9 Å². The van der Waals surface area contributed by atoms with Crippen molar-refractivity contribution in [3.63, 3.8) is 0 Å². The lowest BCUT2D eigenvalue weighted by Crippen LogP contribution is -2.26. The van der Waals surface area contributed by atoms with Crippen LogP contribution in [0.2, 0.25) is 0 Å². The van der Waals surface area contributed by atoms with Crippen molar-refractivity contribution in [1.82, 2.24) is 15.2 Å². The zero-order valence-electron chi connectivity index (χ0n) is 12.2. The van der Waals surface area contributed by atoms with Crippen molar-refractivity contribution in [1.29, 1.82) is 0 Å². The fraction of sp³-hybridized carbons (Fsp3) is 0.471. The van der Waals surface area contributed by atoms with E-state index in [4.69, 9.17) is 0 Å². The van der Waals surface area contributed by atoms with E-state index in [1.54, 1.807) is 0 Å². The van der Waals surface area contributed by atoms with Gasteiger partial charge in [0.05, 0.1) is 0 Å². The molecule has 1 aliphatic heterocycles. The second-order valence-electron chi connectivity index (χ2n) is 5.70. The molecule has 20 heavy (non-hydrogen) atoms. The van der Waals surface area contributed by atoms with Crippen molar-refractivity contribution < 1.29 is 0 Å². The molecule has 3 rings (SSSR count). The van der Waals surface area contributed by atoms with Crippen LogP contribution < -0.4 is 5.32 Å². The zero-order valence-corrected chi connectivity index (χ0v) is 12.2. The molecule has 1 N–H and O–H groups in total. The van der Waals surface area contributed by atoms with Crippen LogP contribution in [0.4, 0.5) is 0 Å². The number of pyridine rings is 1. The molecule has 1 saturated heterocycles. The molecule has 1 aromatic carbocycles. The molecule has 0 spiro atoms. The predicted molar refractivity (Wildman–Crippen MR) is 83.7 cm³/mol. The fourth-order valence-corrected chi connectivity index (χ4v) is 3.10. The van der Waals surface area contributed by atoms with E-state index in [9.17, 15) is 0 Å². The summed E-state index contributed by atoms with van der Waals surface area (Å²) in [5.74, 6) is 0.804. The van der Waals surface area contributed by atoms with Crippen molar-refractivity contribution in [3.05, 3.63) is 42.2 Å². The van der Waals surface area contributed by atoms with E-state index < -0.39 is 0 Å². The molecule has 1 unspecified atom stereocenters. The van der Waals surface area contributed by atoms with Gasteiger partial charge in [0.25, 0.3) is 0 Å². The van der Waals surface area contributed by atoms with Crippen LogP contribution in [0, 0.1) is 5.92 Å². The largest absolute Gasteiger partial charge is 0.312 e. The highest BCUT2D eigenvalue weighted by Gasteiger charge is 2.20. The summed E-state index contributed by atoms with van der Waals surface area (Å²) in [6.45, 7) is 7.97. The van der Waals surface area contributed by atoms with Gasteiger partial charge in [0.2, 0.25) is 0 Å². The lowest BCUT2D eigenvalue weighted by molar-refractivity contribution is 0.339. The van der Waals surface area contributed by atoms with Gasteiger partial charge in [0, 0.05) is 30.9 Å². The van der Waals surface area contributed by atoms with Gasteiger partial charge in [-0.05, 0) is 42.9 Å². The van der Waals surface area contributed by atoms with Crippen LogP contribution in [-0.4, -0.2) is 36.1 Å². The summed E-state index contributed by atoms with van der Waals surface area (Å²) >= 11 is 0. The molecule has 1 aliphatic rings. The summed E-state index contributed by atoms with van der Waals surface area (Å²) in [5, 5.41) is 6.16. The summed E-state index contributed by atoms with van der Waals surface area (Å²) in [7, 11) is 0. The number of likely N-dealkylation sites (tertiary alicyclic amines) is 1. The van der Waals surface area contributed by atoms with Gasteiger partial charge in [0.1, 0.15) is 0 Å². The Labute approximate surface area is 121 Å². The van der Waals surface area contributed by atoms with E-state index in [1.807, 2.05) is 12.4 Å². The van der Waals surface area contributed by atoms with E-state index in [0.29, 0.717) is 0 Å². The van der Waals surface area contributed by atoms with Crippen molar-refractivity contribution in [2.75, 3.05) is 26.2 Å². The molecule has 3 nitrogen and oxygen atoms in total. The number of benzene rings is 1. The molecule has 0 saturated carbocycles. The van der Waals surface area contributed by atoms with Gasteiger partial charge < -0.3 is 10.2 Å². The Hall–Kier alpha value is -1.45. The third-order valence-electron chi connectivity index (χ3n) is 4.32. The minimum absolute atomic E-state index is 0.804. The number of hydrogen-bond donors (Lipinski definition) is 1. The minimum Gasteiger partial charge on any atom is -0.312 e. The van der Waals surface area contributed by atoms with E-state index in [1.165, 1.54) is 42.4 Å². The molecular weight excluding hydrogens is 246 g/mol.